The molecule has 2 heterocycles. The van der Waals surface area contributed by atoms with E-state index in [2.05, 4.69) is 10.2 Å². The molecule has 5 heteroatoms. The average molecular weight is 343 g/mol. The van der Waals surface area contributed by atoms with Crippen molar-refractivity contribution >= 4 is 17.5 Å². The number of nitrogens with zero attached hydrogens (tertiary/aromatic N) is 2. The predicted molar refractivity (Wildman–Crippen MR) is 99.6 cm³/mol. The highest BCUT2D eigenvalue weighted by Crippen LogP contribution is 2.32. The van der Waals surface area contributed by atoms with Crippen LogP contribution < -0.4 is 10.2 Å². The van der Waals surface area contributed by atoms with Gasteiger partial charge in [0.15, 0.2) is 0 Å². The lowest BCUT2D eigenvalue weighted by Crippen LogP contribution is -2.48. The number of benzene rings is 1. The van der Waals surface area contributed by atoms with Crippen LogP contribution in [0.4, 0.5) is 5.69 Å². The van der Waals surface area contributed by atoms with Gasteiger partial charge in [-0.3, -0.25) is 14.5 Å². The Bertz CT molecular complexity index is 611. The summed E-state index contributed by atoms with van der Waals surface area (Å²) in [7, 11) is 0. The topological polar surface area (TPSA) is 52.7 Å². The van der Waals surface area contributed by atoms with Crippen LogP contribution in [0.25, 0.3) is 0 Å². The van der Waals surface area contributed by atoms with Gasteiger partial charge in [-0.15, -0.1) is 0 Å². The quantitative estimate of drug-likeness (QED) is 0.807. The Hall–Kier alpha value is -1.88. The van der Waals surface area contributed by atoms with Crippen LogP contribution in [0.3, 0.4) is 0 Å². The van der Waals surface area contributed by atoms with E-state index in [0.717, 1.165) is 24.2 Å². The van der Waals surface area contributed by atoms with Crippen molar-refractivity contribution in [2.75, 3.05) is 31.1 Å². The molecule has 1 N–H and O–H groups in total. The minimum absolute atomic E-state index is 0.0124. The maximum Gasteiger partial charge on any atom is 0.243 e. The first-order valence-corrected chi connectivity index (χ1v) is 9.60. The third-order valence-corrected chi connectivity index (χ3v) is 5.25. The van der Waals surface area contributed by atoms with E-state index in [1.165, 1.54) is 32.4 Å². The molecule has 0 saturated carbocycles. The Morgan fingerprint density at radius 2 is 1.92 bits per heavy atom. The molecule has 0 aliphatic carbocycles. The molecule has 3 rings (SSSR count). The first-order valence-electron chi connectivity index (χ1n) is 9.60. The van der Waals surface area contributed by atoms with Crippen LogP contribution in [0.1, 0.15) is 44.6 Å². The van der Waals surface area contributed by atoms with Gasteiger partial charge in [-0.1, -0.05) is 31.5 Å². The van der Waals surface area contributed by atoms with Crippen LogP contribution in [-0.2, 0) is 16.0 Å². The van der Waals surface area contributed by atoms with Crippen molar-refractivity contribution < 1.29 is 9.59 Å². The number of anilines is 1. The second kappa shape index (κ2) is 8.48. The zero-order valence-corrected chi connectivity index (χ0v) is 15.2. The molecule has 1 fully saturated rings. The van der Waals surface area contributed by atoms with Gasteiger partial charge in [0.25, 0.3) is 0 Å². The van der Waals surface area contributed by atoms with E-state index >= 15 is 0 Å². The van der Waals surface area contributed by atoms with Gasteiger partial charge in [0.2, 0.25) is 11.8 Å². The highest BCUT2D eigenvalue weighted by Gasteiger charge is 2.37. The summed E-state index contributed by atoms with van der Waals surface area (Å²) in [5.74, 6) is -0.0185. The molecule has 2 amide bonds. The molecular weight excluding hydrogens is 314 g/mol. The fourth-order valence-electron chi connectivity index (χ4n) is 3.89. The van der Waals surface area contributed by atoms with Crippen molar-refractivity contribution in [1.82, 2.24) is 10.2 Å². The van der Waals surface area contributed by atoms with Crippen LogP contribution in [0.5, 0.6) is 0 Å². The number of rotatable bonds is 6. The van der Waals surface area contributed by atoms with Gasteiger partial charge in [0.1, 0.15) is 6.04 Å². The summed E-state index contributed by atoms with van der Waals surface area (Å²) in [5.41, 5.74) is 1.97. The van der Waals surface area contributed by atoms with Gasteiger partial charge < -0.3 is 10.2 Å². The third kappa shape index (κ3) is 4.21. The zero-order valence-electron chi connectivity index (χ0n) is 15.2. The Morgan fingerprint density at radius 3 is 2.68 bits per heavy atom. The van der Waals surface area contributed by atoms with Crippen LogP contribution in [0.2, 0.25) is 0 Å². The van der Waals surface area contributed by atoms with Crippen LogP contribution >= 0.6 is 0 Å². The molecule has 0 radical (unpaired) electrons. The minimum atomic E-state index is -0.403. The molecule has 1 saturated heterocycles. The average Bonchev–Trinajstić information content (AvgIpc) is 3.05. The molecule has 0 unspecified atom stereocenters. The first-order chi connectivity index (χ1) is 12.2. The van der Waals surface area contributed by atoms with E-state index < -0.39 is 6.04 Å². The number of hydrogen-bond acceptors (Lipinski definition) is 3. The zero-order chi connectivity index (χ0) is 17.6. The Balaban J connectivity index is 1.53. The Labute approximate surface area is 150 Å². The number of likely N-dealkylation sites (tertiary alicyclic amines) is 1. The monoisotopic (exact) mass is 343 g/mol. The van der Waals surface area contributed by atoms with Crippen molar-refractivity contribution in [3.8, 4) is 0 Å². The Kier molecular flexibility index (Phi) is 6.08. The summed E-state index contributed by atoms with van der Waals surface area (Å²) in [6.45, 7) is 5.94. The van der Waals surface area contributed by atoms with Gasteiger partial charge in [0, 0.05) is 25.1 Å². The number of nitrogens with one attached hydrogen (secondary N) is 1. The fourth-order valence-corrected chi connectivity index (χ4v) is 3.89. The second-order valence-corrected chi connectivity index (χ2v) is 7.01. The van der Waals surface area contributed by atoms with Gasteiger partial charge in [-0.05, 0) is 50.5 Å². The molecule has 2 aliphatic rings. The number of carbonyl (C=O) groups excluding carboxylic acids is 2. The summed E-state index contributed by atoms with van der Waals surface area (Å²) >= 11 is 0. The van der Waals surface area contributed by atoms with Crippen molar-refractivity contribution in [2.45, 2.75) is 51.5 Å². The van der Waals surface area contributed by atoms with E-state index in [1.807, 2.05) is 31.2 Å². The third-order valence-electron chi connectivity index (χ3n) is 5.25. The molecule has 1 aromatic carbocycles. The molecule has 25 heavy (non-hydrogen) atoms. The minimum Gasteiger partial charge on any atom is -0.354 e. The number of para-hydroxylation sites is 1. The molecule has 0 spiro atoms. The lowest BCUT2D eigenvalue weighted by molar-refractivity contribution is -0.126. The Morgan fingerprint density at radius 1 is 1.16 bits per heavy atom. The summed E-state index contributed by atoms with van der Waals surface area (Å²) in [4.78, 5) is 29.2. The first kappa shape index (κ1) is 17.9. The number of fused-ring (bicyclic) bond motifs is 1. The largest absolute Gasteiger partial charge is 0.354 e. The lowest BCUT2D eigenvalue weighted by atomic mass is 10.1. The fraction of sp³-hybridized carbons (Fsp3) is 0.600. The van der Waals surface area contributed by atoms with Gasteiger partial charge >= 0.3 is 0 Å². The molecule has 0 bridgehead atoms. The summed E-state index contributed by atoms with van der Waals surface area (Å²) < 4.78 is 0. The maximum atomic E-state index is 12.7. The summed E-state index contributed by atoms with van der Waals surface area (Å²) in [6.07, 6.45) is 5.92. The van der Waals surface area contributed by atoms with E-state index in [-0.39, 0.29) is 11.8 Å². The predicted octanol–water partition coefficient (Wildman–Crippen LogP) is 2.35. The molecule has 136 valence electrons. The number of piperidine rings is 1. The number of carbonyl (C=O) groups is 2. The van der Waals surface area contributed by atoms with Crippen LogP contribution in [0, 0.1) is 0 Å². The van der Waals surface area contributed by atoms with Crippen molar-refractivity contribution in [2.24, 2.45) is 0 Å². The summed E-state index contributed by atoms with van der Waals surface area (Å²) in [5, 5.41) is 3.05. The molecule has 5 nitrogen and oxygen atoms in total. The van der Waals surface area contributed by atoms with E-state index in [9.17, 15) is 9.59 Å². The van der Waals surface area contributed by atoms with E-state index in [1.54, 1.807) is 4.90 Å². The maximum absolute atomic E-state index is 12.7. The second-order valence-electron chi connectivity index (χ2n) is 7.01. The number of hydrogen-bond donors (Lipinski definition) is 1. The standard InChI is InChI=1S/C20H29N3O2/c1-2-19(24)23-17-10-5-4-9-16(17)15-18(23)20(25)21-11-8-14-22-12-6-3-7-13-22/h4-5,9-10,18H,2-3,6-8,11-15H2,1H3,(H,21,25)/t18-/m0/s1. The van der Waals surface area contributed by atoms with Gasteiger partial charge in [-0.2, -0.15) is 0 Å². The van der Waals surface area contributed by atoms with Crippen molar-refractivity contribution in [1.29, 1.82) is 0 Å². The molecule has 1 atom stereocenters. The van der Waals surface area contributed by atoms with Gasteiger partial charge in [0.05, 0.1) is 0 Å². The van der Waals surface area contributed by atoms with Crippen LogP contribution in [-0.4, -0.2) is 48.9 Å². The number of amides is 2. The SMILES string of the molecule is CCC(=O)N1c2ccccc2C[C@H]1C(=O)NCCCN1CCCCC1. The van der Waals surface area contributed by atoms with E-state index in [0.29, 0.717) is 19.4 Å². The smallest absolute Gasteiger partial charge is 0.243 e. The normalized spacial score (nSPS) is 20.4. The molecule has 1 aromatic rings. The van der Waals surface area contributed by atoms with Crippen molar-refractivity contribution in [3.05, 3.63) is 29.8 Å². The molecule has 2 aliphatic heterocycles. The van der Waals surface area contributed by atoms with E-state index in [4.69, 9.17) is 0 Å². The summed E-state index contributed by atoms with van der Waals surface area (Å²) in [6, 6.07) is 7.43. The molecular formula is C20H29N3O2. The highest BCUT2D eigenvalue weighted by atomic mass is 16.2. The highest BCUT2D eigenvalue weighted by molar-refractivity contribution is 6.03. The lowest BCUT2D eigenvalue weighted by Gasteiger charge is -2.27. The van der Waals surface area contributed by atoms with Gasteiger partial charge in [-0.25, -0.2) is 0 Å². The molecule has 0 aromatic heterocycles. The van der Waals surface area contributed by atoms with Crippen molar-refractivity contribution in [3.63, 3.8) is 0 Å². The van der Waals surface area contributed by atoms with Crippen LogP contribution in [0.15, 0.2) is 24.3 Å².